The van der Waals surface area contributed by atoms with E-state index in [4.69, 9.17) is 4.74 Å². The van der Waals surface area contributed by atoms with Crippen LogP contribution in [0.1, 0.15) is 38.8 Å². The second-order valence-electron chi connectivity index (χ2n) is 9.73. The van der Waals surface area contributed by atoms with E-state index in [2.05, 4.69) is 10.3 Å². The number of aryl methyl sites for hydroxylation is 1. The summed E-state index contributed by atoms with van der Waals surface area (Å²) in [5, 5.41) is 3.85. The van der Waals surface area contributed by atoms with Gasteiger partial charge in [-0.15, -0.1) is 0 Å². The van der Waals surface area contributed by atoms with E-state index in [0.717, 1.165) is 33.3 Å². The molecule has 0 spiro atoms. The van der Waals surface area contributed by atoms with Crippen molar-refractivity contribution >= 4 is 34.4 Å². The normalized spacial score (nSPS) is 18.6. The van der Waals surface area contributed by atoms with Crippen molar-refractivity contribution in [2.45, 2.75) is 25.4 Å². The highest BCUT2D eigenvalue weighted by Crippen LogP contribution is 2.45. The van der Waals surface area contributed by atoms with Crippen LogP contribution < -0.4 is 10.2 Å². The van der Waals surface area contributed by atoms with Gasteiger partial charge in [0.25, 0.3) is 11.8 Å². The van der Waals surface area contributed by atoms with Gasteiger partial charge in [-0.3, -0.25) is 14.5 Å². The zero-order chi connectivity index (χ0) is 26.4. The summed E-state index contributed by atoms with van der Waals surface area (Å²) < 4.78 is 5.03. The summed E-state index contributed by atoms with van der Waals surface area (Å²) in [5.74, 6) is -0.699. The summed E-state index contributed by atoms with van der Waals surface area (Å²) in [7, 11) is 1.56. The molecule has 0 radical (unpaired) electrons. The highest BCUT2D eigenvalue weighted by atomic mass is 16.5. The number of hydrogen-bond acceptors (Lipinski definition) is 4. The van der Waals surface area contributed by atoms with Gasteiger partial charge in [0.2, 0.25) is 0 Å². The smallest absolute Gasteiger partial charge is 0.332 e. The van der Waals surface area contributed by atoms with Crippen LogP contribution in [-0.2, 0) is 16.0 Å². The van der Waals surface area contributed by atoms with Gasteiger partial charge in [0, 0.05) is 36.7 Å². The van der Waals surface area contributed by atoms with Gasteiger partial charge in [0.15, 0.2) is 0 Å². The molecule has 8 heteroatoms. The lowest BCUT2D eigenvalue weighted by molar-refractivity contribution is -0.120. The topological polar surface area (TPSA) is 94.7 Å². The summed E-state index contributed by atoms with van der Waals surface area (Å²) in [6.45, 7) is 2.69. The number of para-hydroxylation sites is 2. The number of rotatable bonds is 6. The molecule has 38 heavy (non-hydrogen) atoms. The van der Waals surface area contributed by atoms with Crippen molar-refractivity contribution in [1.29, 1.82) is 0 Å². The molecule has 192 valence electrons. The van der Waals surface area contributed by atoms with E-state index in [1.165, 1.54) is 4.90 Å². The van der Waals surface area contributed by atoms with E-state index in [1.807, 2.05) is 55.5 Å². The quantitative estimate of drug-likeness (QED) is 0.299. The van der Waals surface area contributed by atoms with Gasteiger partial charge in [0.05, 0.1) is 17.9 Å². The van der Waals surface area contributed by atoms with Crippen molar-refractivity contribution < 1.29 is 19.1 Å². The summed E-state index contributed by atoms with van der Waals surface area (Å²) in [5.41, 5.74) is 5.51. The Hall–Kier alpha value is -4.43. The van der Waals surface area contributed by atoms with Gasteiger partial charge in [-0.25, -0.2) is 9.69 Å². The molecule has 1 fully saturated rings. The highest BCUT2D eigenvalue weighted by molar-refractivity contribution is 6.24. The third kappa shape index (κ3) is 3.76. The lowest BCUT2D eigenvalue weighted by atomic mass is 9.88. The number of urea groups is 1. The van der Waals surface area contributed by atoms with Gasteiger partial charge in [-0.05, 0) is 36.2 Å². The van der Waals surface area contributed by atoms with Crippen molar-refractivity contribution in [2.75, 3.05) is 25.2 Å². The fourth-order valence-corrected chi connectivity index (χ4v) is 5.61. The number of carbonyl (C=O) groups is 3. The number of hydrogen-bond donors (Lipinski definition) is 2. The fraction of sp³-hybridized carbons (Fsp3) is 0.233. The number of methoxy groups -OCH3 is 1. The Bertz CT molecular complexity index is 1560. The molecule has 2 aliphatic rings. The van der Waals surface area contributed by atoms with Crippen molar-refractivity contribution in [2.24, 2.45) is 0 Å². The molecular weight excluding hydrogens is 480 g/mol. The molecule has 4 amide bonds. The maximum atomic E-state index is 14.1. The molecule has 3 heterocycles. The number of benzene rings is 3. The number of anilines is 1. The Morgan fingerprint density at radius 3 is 2.55 bits per heavy atom. The molecule has 4 aromatic rings. The fourth-order valence-electron chi connectivity index (χ4n) is 5.61. The minimum absolute atomic E-state index is 0.265. The Morgan fingerprint density at radius 2 is 1.76 bits per heavy atom. The predicted octanol–water partition coefficient (Wildman–Crippen LogP) is 4.34. The zero-order valence-corrected chi connectivity index (χ0v) is 21.2. The van der Waals surface area contributed by atoms with E-state index < -0.39 is 18.1 Å². The SMILES string of the molecule is COCCNC(=O)c1ccccc1N1C(=O)[C@@H]2Cc3c([nH]c4ccccc34)C(c3ccc(C)cc3)N2C1=O. The van der Waals surface area contributed by atoms with E-state index in [1.54, 1.807) is 36.3 Å². The molecule has 0 saturated carbocycles. The monoisotopic (exact) mass is 508 g/mol. The van der Waals surface area contributed by atoms with Gasteiger partial charge in [0.1, 0.15) is 12.1 Å². The van der Waals surface area contributed by atoms with Crippen LogP contribution >= 0.6 is 0 Å². The maximum Gasteiger partial charge on any atom is 0.332 e. The summed E-state index contributed by atoms with van der Waals surface area (Å²) in [6.07, 6.45) is 0.394. The molecule has 8 nitrogen and oxygen atoms in total. The van der Waals surface area contributed by atoms with Crippen LogP contribution in [0.3, 0.4) is 0 Å². The molecule has 1 unspecified atom stereocenters. The number of ether oxygens (including phenoxy) is 1. The molecule has 0 aliphatic carbocycles. The third-order valence-electron chi connectivity index (χ3n) is 7.42. The standard InChI is InChI=1S/C30H28N4O4/c1-18-11-13-19(14-12-18)27-26-22(20-7-3-5-9-23(20)32-26)17-25-29(36)34(30(37)33(25)27)24-10-6-4-8-21(24)28(35)31-15-16-38-2/h3-14,25,27,32H,15-17H2,1-2H3,(H,31,35)/t25-,27?/m0/s1. The van der Waals surface area contributed by atoms with Gasteiger partial charge < -0.3 is 15.0 Å². The van der Waals surface area contributed by atoms with Crippen LogP contribution in [0.25, 0.3) is 10.9 Å². The molecule has 2 atom stereocenters. The Balaban J connectivity index is 1.45. The van der Waals surface area contributed by atoms with Gasteiger partial charge in [-0.2, -0.15) is 0 Å². The van der Waals surface area contributed by atoms with E-state index >= 15 is 0 Å². The van der Waals surface area contributed by atoms with E-state index in [9.17, 15) is 14.4 Å². The lowest BCUT2D eigenvalue weighted by Crippen LogP contribution is -2.44. The zero-order valence-electron chi connectivity index (χ0n) is 21.2. The third-order valence-corrected chi connectivity index (χ3v) is 7.42. The minimum Gasteiger partial charge on any atom is -0.383 e. The molecule has 1 saturated heterocycles. The molecule has 2 N–H and O–H groups in total. The molecule has 3 aromatic carbocycles. The number of aromatic amines is 1. The number of fused-ring (bicyclic) bond motifs is 4. The maximum absolute atomic E-state index is 14.1. The Kier molecular flexibility index (Phi) is 5.96. The van der Waals surface area contributed by atoms with Crippen LogP contribution in [-0.4, -0.2) is 54.0 Å². The highest BCUT2D eigenvalue weighted by Gasteiger charge is 2.53. The summed E-state index contributed by atoms with van der Waals surface area (Å²) in [6, 6.07) is 21.2. The average Bonchev–Trinajstić information content (AvgIpc) is 3.42. The van der Waals surface area contributed by atoms with Gasteiger partial charge in [-0.1, -0.05) is 60.2 Å². The number of amides is 4. The van der Waals surface area contributed by atoms with Crippen LogP contribution in [0.4, 0.5) is 10.5 Å². The van der Waals surface area contributed by atoms with E-state index in [-0.39, 0.29) is 23.1 Å². The van der Waals surface area contributed by atoms with Crippen LogP contribution in [0.2, 0.25) is 0 Å². The number of aromatic nitrogens is 1. The Morgan fingerprint density at radius 1 is 1.03 bits per heavy atom. The molecular formula is C30H28N4O4. The molecule has 6 rings (SSSR count). The largest absolute Gasteiger partial charge is 0.383 e. The molecule has 2 aliphatic heterocycles. The Labute approximate surface area is 220 Å². The number of nitrogens with one attached hydrogen (secondary N) is 2. The van der Waals surface area contributed by atoms with Crippen molar-refractivity contribution in [3.05, 3.63) is 101 Å². The second kappa shape index (κ2) is 9.46. The first-order valence-electron chi connectivity index (χ1n) is 12.7. The van der Waals surface area contributed by atoms with E-state index in [0.29, 0.717) is 19.6 Å². The number of imide groups is 1. The number of nitrogens with zero attached hydrogens (tertiary/aromatic N) is 2. The summed E-state index contributed by atoms with van der Waals surface area (Å²) in [4.78, 5) is 47.5. The van der Waals surface area contributed by atoms with Crippen LogP contribution in [0.15, 0.2) is 72.8 Å². The van der Waals surface area contributed by atoms with Crippen LogP contribution in [0, 0.1) is 6.92 Å². The molecule has 1 aromatic heterocycles. The van der Waals surface area contributed by atoms with Crippen molar-refractivity contribution in [3.8, 4) is 0 Å². The number of carbonyl (C=O) groups excluding carboxylic acids is 3. The van der Waals surface area contributed by atoms with Crippen LogP contribution in [0.5, 0.6) is 0 Å². The predicted molar refractivity (Wildman–Crippen MR) is 144 cm³/mol. The van der Waals surface area contributed by atoms with Crippen molar-refractivity contribution in [3.63, 3.8) is 0 Å². The number of H-pyrrole nitrogens is 1. The first-order chi connectivity index (χ1) is 18.5. The van der Waals surface area contributed by atoms with Gasteiger partial charge >= 0.3 is 6.03 Å². The van der Waals surface area contributed by atoms with Crippen molar-refractivity contribution in [1.82, 2.24) is 15.2 Å². The first kappa shape index (κ1) is 23.9. The second-order valence-corrected chi connectivity index (χ2v) is 9.73. The average molecular weight is 509 g/mol. The lowest BCUT2D eigenvalue weighted by Gasteiger charge is -2.36. The summed E-state index contributed by atoms with van der Waals surface area (Å²) >= 11 is 0. The first-order valence-corrected chi connectivity index (χ1v) is 12.7. The minimum atomic E-state index is -0.690. The molecule has 0 bridgehead atoms.